The minimum Gasteiger partial charge on any atom is -0.504 e. The maximum Gasteiger partial charge on any atom is 0.161 e. The van der Waals surface area contributed by atoms with Gasteiger partial charge in [-0.25, -0.2) is 4.39 Å². The van der Waals surface area contributed by atoms with Crippen molar-refractivity contribution in [3.8, 4) is 11.5 Å². The van der Waals surface area contributed by atoms with Gasteiger partial charge in [0.2, 0.25) is 0 Å². The lowest BCUT2D eigenvalue weighted by molar-refractivity contribution is 0.373. The molecule has 0 spiro atoms. The number of phenols is 1. The topological polar surface area (TPSA) is 68.9 Å². The Labute approximate surface area is 138 Å². The predicted molar refractivity (Wildman–Crippen MR) is 90.5 cm³/mol. The summed E-state index contributed by atoms with van der Waals surface area (Å²) < 4.78 is 18.3. The molecule has 0 amide bonds. The van der Waals surface area contributed by atoms with E-state index in [-0.39, 0.29) is 11.6 Å². The van der Waals surface area contributed by atoms with Crippen LogP contribution in [0.5, 0.6) is 11.5 Å². The summed E-state index contributed by atoms with van der Waals surface area (Å²) >= 11 is 4.22. The Morgan fingerprint density at radius 1 is 1.35 bits per heavy atom. The molecule has 0 aromatic heterocycles. The number of methoxy groups -OCH3 is 1. The summed E-state index contributed by atoms with van der Waals surface area (Å²) in [5.74, 6) is -0.0700. The number of hydrogen-bond acceptors (Lipinski definition) is 5. The van der Waals surface area contributed by atoms with Crippen molar-refractivity contribution in [3.05, 3.63) is 53.3 Å². The van der Waals surface area contributed by atoms with Crippen LogP contribution >= 0.6 is 12.6 Å². The maximum atomic E-state index is 13.3. The third-order valence-electron chi connectivity index (χ3n) is 3.12. The van der Waals surface area contributed by atoms with Crippen molar-refractivity contribution in [3.63, 3.8) is 0 Å². The first-order valence-corrected chi connectivity index (χ1v) is 7.09. The molecule has 2 aromatic carbocycles. The first-order chi connectivity index (χ1) is 10.9. The minimum atomic E-state index is -0.441. The monoisotopic (exact) mass is 333 g/mol. The van der Waals surface area contributed by atoms with Crippen LogP contribution in [-0.2, 0) is 0 Å². The maximum absolute atomic E-state index is 13.3. The Morgan fingerprint density at radius 3 is 2.78 bits per heavy atom. The Balaban J connectivity index is 2.19. The van der Waals surface area contributed by atoms with Gasteiger partial charge in [-0.05, 0) is 42.0 Å². The van der Waals surface area contributed by atoms with E-state index >= 15 is 0 Å². The first-order valence-electron chi connectivity index (χ1n) is 6.64. The van der Waals surface area contributed by atoms with Crippen molar-refractivity contribution >= 4 is 24.7 Å². The fourth-order valence-electron chi connectivity index (χ4n) is 1.86. The molecular formula is C16H16FN3O2S. The summed E-state index contributed by atoms with van der Waals surface area (Å²) in [6, 6.07) is 8.77. The van der Waals surface area contributed by atoms with E-state index in [0.29, 0.717) is 21.8 Å². The van der Waals surface area contributed by atoms with Crippen LogP contribution in [0.2, 0.25) is 0 Å². The van der Waals surface area contributed by atoms with Crippen molar-refractivity contribution in [1.82, 2.24) is 5.01 Å². The third-order valence-corrected chi connectivity index (χ3v) is 3.51. The van der Waals surface area contributed by atoms with Crippen molar-refractivity contribution < 1.29 is 14.2 Å². The Hall–Kier alpha value is -2.54. The van der Waals surface area contributed by atoms with E-state index in [1.165, 1.54) is 42.6 Å². The molecule has 0 aliphatic heterocycles. The number of benzene rings is 2. The first kappa shape index (κ1) is 16.8. The van der Waals surface area contributed by atoms with Crippen molar-refractivity contribution in [2.24, 2.45) is 5.10 Å². The SMILES string of the molecule is COc1cc(/C=N/N(C)C(=N)c2cc(F)ccc2S)ccc1O. The van der Waals surface area contributed by atoms with Gasteiger partial charge >= 0.3 is 0 Å². The zero-order valence-corrected chi connectivity index (χ0v) is 13.5. The average Bonchev–Trinajstić information content (AvgIpc) is 2.55. The molecular weight excluding hydrogens is 317 g/mol. The average molecular weight is 333 g/mol. The molecule has 120 valence electrons. The van der Waals surface area contributed by atoms with Gasteiger partial charge in [0.05, 0.1) is 13.3 Å². The standard InChI is InChI=1S/C16H16FN3O2S/c1-20(16(18)12-8-11(17)4-6-15(12)23)19-9-10-3-5-13(21)14(7-10)22-2/h3-9,18,21,23H,1-2H3/b18-16?,19-9+. The molecule has 0 aliphatic rings. The smallest absolute Gasteiger partial charge is 0.161 e. The third kappa shape index (κ3) is 4.01. The van der Waals surface area contributed by atoms with Crippen LogP contribution in [-0.4, -0.2) is 36.3 Å². The van der Waals surface area contributed by atoms with Gasteiger partial charge in [0, 0.05) is 17.5 Å². The molecule has 0 radical (unpaired) electrons. The number of halogens is 1. The number of ether oxygens (including phenoxy) is 1. The normalized spacial score (nSPS) is 10.8. The zero-order chi connectivity index (χ0) is 17.0. The molecule has 0 atom stereocenters. The van der Waals surface area contributed by atoms with E-state index in [1.54, 1.807) is 19.2 Å². The predicted octanol–water partition coefficient (Wildman–Crippen LogP) is 3.12. The highest BCUT2D eigenvalue weighted by Gasteiger charge is 2.11. The van der Waals surface area contributed by atoms with Crippen molar-refractivity contribution in [1.29, 1.82) is 5.41 Å². The van der Waals surface area contributed by atoms with E-state index in [4.69, 9.17) is 10.1 Å². The van der Waals surface area contributed by atoms with Gasteiger partial charge in [0.15, 0.2) is 11.5 Å². The molecule has 2 aromatic rings. The van der Waals surface area contributed by atoms with E-state index < -0.39 is 5.82 Å². The summed E-state index contributed by atoms with van der Waals surface area (Å²) in [7, 11) is 3.03. The van der Waals surface area contributed by atoms with E-state index in [2.05, 4.69) is 17.7 Å². The van der Waals surface area contributed by atoms with Gasteiger partial charge in [-0.1, -0.05) is 0 Å². The van der Waals surface area contributed by atoms with E-state index in [9.17, 15) is 9.50 Å². The van der Waals surface area contributed by atoms with Crippen LogP contribution in [0.4, 0.5) is 4.39 Å². The number of hydrazone groups is 1. The number of rotatable bonds is 4. The molecule has 0 aliphatic carbocycles. The van der Waals surface area contributed by atoms with Gasteiger partial charge in [-0.15, -0.1) is 12.6 Å². The van der Waals surface area contributed by atoms with Crippen LogP contribution in [0.1, 0.15) is 11.1 Å². The number of nitrogens with zero attached hydrogens (tertiary/aromatic N) is 2. The lowest BCUT2D eigenvalue weighted by atomic mass is 10.2. The van der Waals surface area contributed by atoms with Gasteiger partial charge in [-0.3, -0.25) is 10.4 Å². The van der Waals surface area contributed by atoms with Gasteiger partial charge < -0.3 is 9.84 Å². The zero-order valence-electron chi connectivity index (χ0n) is 12.6. The second kappa shape index (κ2) is 7.15. The highest BCUT2D eigenvalue weighted by molar-refractivity contribution is 7.80. The minimum absolute atomic E-state index is 0.0106. The molecule has 2 rings (SSSR count). The number of nitrogens with one attached hydrogen (secondary N) is 1. The van der Waals surface area contributed by atoms with Gasteiger partial charge in [-0.2, -0.15) is 5.10 Å². The number of phenolic OH excluding ortho intramolecular Hbond substituents is 1. The molecule has 0 saturated heterocycles. The molecule has 23 heavy (non-hydrogen) atoms. The fraction of sp³-hybridized carbons (Fsp3) is 0.125. The molecule has 0 bridgehead atoms. The van der Waals surface area contributed by atoms with E-state index in [0.717, 1.165) is 0 Å². The highest BCUT2D eigenvalue weighted by Crippen LogP contribution is 2.25. The van der Waals surface area contributed by atoms with Crippen LogP contribution in [0.3, 0.4) is 0 Å². The molecule has 0 unspecified atom stereocenters. The quantitative estimate of drug-likeness (QED) is 0.348. The largest absolute Gasteiger partial charge is 0.504 e. The molecule has 5 nitrogen and oxygen atoms in total. The summed E-state index contributed by atoms with van der Waals surface area (Å²) in [4.78, 5) is 0.491. The fourth-order valence-corrected chi connectivity index (χ4v) is 2.10. The van der Waals surface area contributed by atoms with E-state index in [1.807, 2.05) is 0 Å². The van der Waals surface area contributed by atoms with Gasteiger partial charge in [0.25, 0.3) is 0 Å². The molecule has 2 N–H and O–H groups in total. The number of thiol groups is 1. The van der Waals surface area contributed by atoms with Crippen molar-refractivity contribution in [2.75, 3.05) is 14.2 Å². The van der Waals surface area contributed by atoms with Crippen molar-refractivity contribution in [2.45, 2.75) is 4.90 Å². The lowest BCUT2D eigenvalue weighted by Crippen LogP contribution is -2.22. The Kier molecular flexibility index (Phi) is 5.23. The summed E-state index contributed by atoms with van der Waals surface area (Å²) in [5.41, 5.74) is 1.03. The second-order valence-corrected chi connectivity index (χ2v) is 5.19. The molecule has 0 heterocycles. The summed E-state index contributed by atoms with van der Waals surface area (Å²) in [6.07, 6.45) is 1.51. The number of amidine groups is 1. The molecule has 7 heteroatoms. The number of aromatic hydroxyl groups is 1. The van der Waals surface area contributed by atoms with Crippen LogP contribution in [0.15, 0.2) is 46.4 Å². The second-order valence-electron chi connectivity index (χ2n) is 4.71. The lowest BCUT2D eigenvalue weighted by Gasteiger charge is -2.15. The Bertz CT molecular complexity index is 765. The number of hydrogen-bond donors (Lipinski definition) is 3. The Morgan fingerprint density at radius 2 is 2.09 bits per heavy atom. The van der Waals surface area contributed by atoms with Crippen LogP contribution < -0.4 is 4.74 Å². The van der Waals surface area contributed by atoms with Crippen LogP contribution in [0.25, 0.3) is 0 Å². The van der Waals surface area contributed by atoms with Gasteiger partial charge in [0.1, 0.15) is 11.7 Å². The highest BCUT2D eigenvalue weighted by atomic mass is 32.1. The summed E-state index contributed by atoms with van der Waals surface area (Å²) in [5, 5.41) is 23.1. The summed E-state index contributed by atoms with van der Waals surface area (Å²) in [6.45, 7) is 0. The van der Waals surface area contributed by atoms with Crippen LogP contribution in [0, 0.1) is 11.2 Å². The molecule has 0 saturated carbocycles. The molecule has 0 fully saturated rings.